The summed E-state index contributed by atoms with van der Waals surface area (Å²) in [5.74, 6) is 0.949. The third kappa shape index (κ3) is 2.37. The van der Waals surface area contributed by atoms with E-state index in [0.717, 1.165) is 30.5 Å². The lowest BCUT2D eigenvalue weighted by atomic mass is 10.1. The summed E-state index contributed by atoms with van der Waals surface area (Å²) >= 11 is 0. The summed E-state index contributed by atoms with van der Waals surface area (Å²) in [6.07, 6.45) is 2.72. The molecule has 0 spiro atoms. The number of nitrogens with zero attached hydrogens (tertiary/aromatic N) is 2. The van der Waals surface area contributed by atoms with Crippen molar-refractivity contribution in [2.24, 2.45) is 5.73 Å². The number of nitrogens with two attached hydrogens (primary N) is 1. The summed E-state index contributed by atoms with van der Waals surface area (Å²) in [7, 11) is 0. The summed E-state index contributed by atoms with van der Waals surface area (Å²) in [6.45, 7) is 6.28. The van der Waals surface area contributed by atoms with E-state index in [1.807, 2.05) is 12.1 Å². The van der Waals surface area contributed by atoms with E-state index in [1.54, 1.807) is 0 Å². The normalized spacial score (nSPS) is 23.8. The molecule has 0 amide bonds. The molecule has 2 aliphatic heterocycles. The van der Waals surface area contributed by atoms with E-state index >= 15 is 0 Å². The van der Waals surface area contributed by atoms with Gasteiger partial charge in [0.15, 0.2) is 0 Å². The summed E-state index contributed by atoms with van der Waals surface area (Å²) in [5, 5.41) is 1.23. The summed E-state index contributed by atoms with van der Waals surface area (Å²) in [5.41, 5.74) is 8.14. The van der Waals surface area contributed by atoms with Crippen molar-refractivity contribution in [1.29, 1.82) is 0 Å². The van der Waals surface area contributed by atoms with Crippen LogP contribution in [0.15, 0.2) is 28.7 Å². The first-order valence-corrected chi connectivity index (χ1v) is 8.01. The molecule has 0 bridgehead atoms. The number of fused-ring (bicyclic) bond motifs is 2. The van der Waals surface area contributed by atoms with Crippen molar-refractivity contribution in [3.63, 3.8) is 0 Å². The molecule has 0 saturated carbocycles. The molecule has 21 heavy (non-hydrogen) atoms. The third-order valence-electron chi connectivity index (χ3n) is 5.02. The average Bonchev–Trinajstić information content (AvgIpc) is 3.11. The van der Waals surface area contributed by atoms with E-state index in [9.17, 15) is 0 Å². The number of hydrogen-bond acceptors (Lipinski definition) is 4. The van der Waals surface area contributed by atoms with Crippen LogP contribution >= 0.6 is 0 Å². The van der Waals surface area contributed by atoms with E-state index in [-0.39, 0.29) is 0 Å². The van der Waals surface area contributed by atoms with Crippen LogP contribution in [0.25, 0.3) is 11.0 Å². The molecule has 112 valence electrons. The lowest BCUT2D eigenvalue weighted by Crippen LogP contribution is -2.49. The topological polar surface area (TPSA) is 45.6 Å². The molecule has 4 heteroatoms. The fourth-order valence-corrected chi connectivity index (χ4v) is 3.91. The third-order valence-corrected chi connectivity index (χ3v) is 5.02. The smallest absolute Gasteiger partial charge is 0.134 e. The van der Waals surface area contributed by atoms with Crippen LogP contribution in [0.1, 0.15) is 24.2 Å². The quantitative estimate of drug-likeness (QED) is 0.939. The van der Waals surface area contributed by atoms with Gasteiger partial charge in [-0.2, -0.15) is 0 Å². The molecule has 1 aromatic heterocycles. The Morgan fingerprint density at radius 3 is 3.00 bits per heavy atom. The fourth-order valence-electron chi connectivity index (χ4n) is 3.91. The molecule has 4 rings (SSSR count). The van der Waals surface area contributed by atoms with Crippen molar-refractivity contribution < 1.29 is 4.42 Å². The molecule has 1 atom stereocenters. The van der Waals surface area contributed by atoms with E-state index in [4.69, 9.17) is 10.2 Å². The predicted molar refractivity (Wildman–Crippen MR) is 84.0 cm³/mol. The van der Waals surface area contributed by atoms with Crippen LogP contribution < -0.4 is 5.73 Å². The number of piperazine rings is 1. The van der Waals surface area contributed by atoms with Gasteiger partial charge >= 0.3 is 0 Å². The number of rotatable bonds is 3. The van der Waals surface area contributed by atoms with Gasteiger partial charge < -0.3 is 10.2 Å². The van der Waals surface area contributed by atoms with Crippen molar-refractivity contribution in [3.8, 4) is 0 Å². The zero-order valence-corrected chi connectivity index (χ0v) is 12.4. The van der Waals surface area contributed by atoms with E-state index in [0.29, 0.717) is 6.54 Å². The molecule has 2 fully saturated rings. The molecular formula is C17H23N3O. The second-order valence-electron chi connectivity index (χ2n) is 6.27. The van der Waals surface area contributed by atoms with Gasteiger partial charge in [0.05, 0.1) is 6.54 Å². The van der Waals surface area contributed by atoms with Gasteiger partial charge in [0, 0.05) is 43.2 Å². The maximum absolute atomic E-state index is 5.91. The first-order chi connectivity index (χ1) is 10.3. The average molecular weight is 285 g/mol. The van der Waals surface area contributed by atoms with Crippen LogP contribution in [-0.2, 0) is 13.1 Å². The molecule has 2 saturated heterocycles. The summed E-state index contributed by atoms with van der Waals surface area (Å²) in [4.78, 5) is 5.22. The van der Waals surface area contributed by atoms with E-state index in [2.05, 4.69) is 21.9 Å². The first kappa shape index (κ1) is 13.3. The second-order valence-corrected chi connectivity index (χ2v) is 6.27. The van der Waals surface area contributed by atoms with Crippen molar-refractivity contribution in [2.75, 3.05) is 26.2 Å². The highest BCUT2D eigenvalue weighted by atomic mass is 16.3. The van der Waals surface area contributed by atoms with Gasteiger partial charge in [-0.3, -0.25) is 9.80 Å². The molecule has 3 heterocycles. The highest BCUT2D eigenvalue weighted by Gasteiger charge is 2.31. The molecule has 2 aliphatic rings. The summed E-state index contributed by atoms with van der Waals surface area (Å²) in [6, 6.07) is 9.05. The number of hydrogen-bond donors (Lipinski definition) is 1. The Morgan fingerprint density at radius 2 is 2.10 bits per heavy atom. The maximum Gasteiger partial charge on any atom is 0.134 e. The predicted octanol–water partition coefficient (Wildman–Crippen LogP) is 2.17. The second kappa shape index (κ2) is 5.44. The van der Waals surface area contributed by atoms with Crippen molar-refractivity contribution in [3.05, 3.63) is 35.6 Å². The van der Waals surface area contributed by atoms with Crippen LogP contribution in [-0.4, -0.2) is 42.0 Å². The van der Waals surface area contributed by atoms with Gasteiger partial charge in [-0.1, -0.05) is 18.2 Å². The van der Waals surface area contributed by atoms with Crippen molar-refractivity contribution >= 4 is 11.0 Å². The van der Waals surface area contributed by atoms with E-state index in [1.165, 1.54) is 43.4 Å². The molecule has 2 N–H and O–H groups in total. The SMILES string of the molecule is NCc1oc2ccccc2c1CN1CCN2CCCC2C1. The van der Waals surface area contributed by atoms with Gasteiger partial charge in [0.1, 0.15) is 11.3 Å². The molecule has 0 radical (unpaired) electrons. The lowest BCUT2D eigenvalue weighted by molar-refractivity contribution is 0.0992. The van der Waals surface area contributed by atoms with Crippen LogP contribution in [0, 0.1) is 0 Å². The maximum atomic E-state index is 5.91. The molecule has 2 aromatic rings. The largest absolute Gasteiger partial charge is 0.459 e. The van der Waals surface area contributed by atoms with Gasteiger partial charge in [-0.15, -0.1) is 0 Å². The van der Waals surface area contributed by atoms with Crippen LogP contribution in [0.3, 0.4) is 0 Å². The van der Waals surface area contributed by atoms with Gasteiger partial charge in [-0.25, -0.2) is 0 Å². The zero-order valence-electron chi connectivity index (χ0n) is 12.4. The summed E-state index contributed by atoms with van der Waals surface area (Å²) < 4.78 is 5.91. The molecule has 1 aromatic carbocycles. The minimum absolute atomic E-state index is 0.480. The Morgan fingerprint density at radius 1 is 1.19 bits per heavy atom. The highest BCUT2D eigenvalue weighted by molar-refractivity contribution is 5.82. The van der Waals surface area contributed by atoms with Crippen LogP contribution in [0.4, 0.5) is 0 Å². The zero-order chi connectivity index (χ0) is 14.2. The Labute approximate surface area is 125 Å². The van der Waals surface area contributed by atoms with Gasteiger partial charge in [-0.05, 0) is 25.5 Å². The molecule has 0 aliphatic carbocycles. The van der Waals surface area contributed by atoms with Crippen LogP contribution in [0.2, 0.25) is 0 Å². The minimum atomic E-state index is 0.480. The first-order valence-electron chi connectivity index (χ1n) is 8.01. The Hall–Kier alpha value is -1.36. The Kier molecular flexibility index (Phi) is 3.45. The Bertz CT molecular complexity index is 636. The van der Waals surface area contributed by atoms with Crippen molar-refractivity contribution in [1.82, 2.24) is 9.80 Å². The fraction of sp³-hybridized carbons (Fsp3) is 0.529. The molecular weight excluding hydrogens is 262 g/mol. The van der Waals surface area contributed by atoms with E-state index < -0.39 is 0 Å². The van der Waals surface area contributed by atoms with Gasteiger partial charge in [0.25, 0.3) is 0 Å². The number of para-hydroxylation sites is 1. The standard InChI is InChI=1S/C17H23N3O/c18-10-17-15(14-5-1-2-6-16(14)21-17)12-19-8-9-20-7-3-4-13(20)11-19/h1-2,5-6,13H,3-4,7-12,18H2. The number of furan rings is 1. The van der Waals surface area contributed by atoms with Crippen LogP contribution in [0.5, 0.6) is 0 Å². The highest BCUT2D eigenvalue weighted by Crippen LogP contribution is 2.29. The Balaban J connectivity index is 1.59. The molecule has 1 unspecified atom stereocenters. The monoisotopic (exact) mass is 285 g/mol. The molecule has 4 nitrogen and oxygen atoms in total. The number of benzene rings is 1. The lowest BCUT2D eigenvalue weighted by Gasteiger charge is -2.37. The minimum Gasteiger partial charge on any atom is -0.459 e. The van der Waals surface area contributed by atoms with Gasteiger partial charge in [0.2, 0.25) is 0 Å². The van der Waals surface area contributed by atoms with Crippen molar-refractivity contribution in [2.45, 2.75) is 32.0 Å².